The number of rotatable bonds is 6. The second-order valence-corrected chi connectivity index (χ2v) is 7.71. The average molecular weight is 410 g/mol. The molecule has 7 heteroatoms. The third-order valence-electron chi connectivity index (χ3n) is 5.79. The molecule has 0 saturated carbocycles. The fraction of sp³-hybridized carbons (Fsp3) is 0.391. The highest BCUT2D eigenvalue weighted by Gasteiger charge is 2.28. The molecule has 2 aliphatic rings. The molecule has 1 saturated heterocycles. The Morgan fingerprint density at radius 2 is 1.83 bits per heavy atom. The van der Waals surface area contributed by atoms with Gasteiger partial charge in [0.2, 0.25) is 5.91 Å². The lowest BCUT2D eigenvalue weighted by Crippen LogP contribution is -3.13. The SMILES string of the molecule is COc1ccc(C[NH+]2CCN(C(=O)CCN3C(=O)COc4ccccc43)CC2)cc1. The number of fused-ring (bicyclic) bond motifs is 1. The van der Waals surface area contributed by atoms with Gasteiger partial charge in [-0.25, -0.2) is 0 Å². The maximum atomic E-state index is 12.7. The van der Waals surface area contributed by atoms with Gasteiger partial charge in [-0.3, -0.25) is 9.59 Å². The number of methoxy groups -OCH3 is 1. The number of piperazine rings is 1. The molecule has 1 N–H and O–H groups in total. The van der Waals surface area contributed by atoms with Crippen LogP contribution in [0.15, 0.2) is 48.5 Å². The van der Waals surface area contributed by atoms with Crippen LogP contribution in [0.4, 0.5) is 5.69 Å². The minimum absolute atomic E-state index is 0.0264. The summed E-state index contributed by atoms with van der Waals surface area (Å²) in [6.45, 7) is 4.71. The van der Waals surface area contributed by atoms with E-state index in [0.29, 0.717) is 18.7 Å². The second kappa shape index (κ2) is 9.17. The molecule has 2 aliphatic heterocycles. The number of para-hydroxylation sites is 2. The highest BCUT2D eigenvalue weighted by Crippen LogP contribution is 2.31. The lowest BCUT2D eigenvalue weighted by Gasteiger charge is -2.33. The number of hydrogen-bond donors (Lipinski definition) is 1. The van der Waals surface area contributed by atoms with Gasteiger partial charge in [0, 0.05) is 18.5 Å². The monoisotopic (exact) mass is 410 g/mol. The summed E-state index contributed by atoms with van der Waals surface area (Å²) in [5.74, 6) is 1.57. The highest BCUT2D eigenvalue weighted by atomic mass is 16.5. The van der Waals surface area contributed by atoms with Gasteiger partial charge in [-0.15, -0.1) is 0 Å². The number of amides is 2. The maximum absolute atomic E-state index is 12.7. The average Bonchev–Trinajstić information content (AvgIpc) is 2.79. The van der Waals surface area contributed by atoms with Crippen molar-refractivity contribution in [1.29, 1.82) is 0 Å². The van der Waals surface area contributed by atoms with E-state index < -0.39 is 0 Å². The van der Waals surface area contributed by atoms with Crippen molar-refractivity contribution in [3.63, 3.8) is 0 Å². The van der Waals surface area contributed by atoms with Gasteiger partial charge < -0.3 is 24.2 Å². The zero-order valence-corrected chi connectivity index (χ0v) is 17.3. The molecule has 2 heterocycles. The standard InChI is InChI=1S/C23H27N3O4/c1-29-19-8-6-18(7-9-19)16-24-12-14-25(15-13-24)22(27)10-11-26-20-4-2-3-5-21(20)30-17-23(26)28/h2-9H,10-17H2,1H3/p+1. The Morgan fingerprint density at radius 3 is 2.57 bits per heavy atom. The summed E-state index contributed by atoms with van der Waals surface area (Å²) in [5, 5.41) is 0. The van der Waals surface area contributed by atoms with Gasteiger partial charge in [-0.1, -0.05) is 12.1 Å². The Hall–Kier alpha value is -3.06. The van der Waals surface area contributed by atoms with Gasteiger partial charge in [0.25, 0.3) is 5.91 Å². The fourth-order valence-electron chi connectivity index (χ4n) is 4.05. The minimum Gasteiger partial charge on any atom is -0.497 e. The molecule has 2 amide bonds. The molecular weight excluding hydrogens is 382 g/mol. The van der Waals surface area contributed by atoms with E-state index in [2.05, 4.69) is 12.1 Å². The predicted molar refractivity (Wildman–Crippen MR) is 113 cm³/mol. The molecular formula is C23H28N3O4+. The van der Waals surface area contributed by atoms with Crippen LogP contribution >= 0.6 is 0 Å². The largest absolute Gasteiger partial charge is 0.497 e. The molecule has 0 aliphatic carbocycles. The van der Waals surface area contributed by atoms with E-state index in [0.717, 1.165) is 44.2 Å². The summed E-state index contributed by atoms with van der Waals surface area (Å²) in [5.41, 5.74) is 2.02. The minimum atomic E-state index is -0.102. The third kappa shape index (κ3) is 4.57. The fourth-order valence-corrected chi connectivity index (χ4v) is 4.05. The van der Waals surface area contributed by atoms with Crippen molar-refractivity contribution >= 4 is 17.5 Å². The molecule has 30 heavy (non-hydrogen) atoms. The summed E-state index contributed by atoms with van der Waals surface area (Å²) in [6.07, 6.45) is 0.327. The zero-order chi connectivity index (χ0) is 20.9. The smallest absolute Gasteiger partial charge is 0.265 e. The van der Waals surface area contributed by atoms with Crippen molar-refractivity contribution in [1.82, 2.24) is 4.90 Å². The molecule has 1 fully saturated rings. The normalized spacial score (nSPS) is 16.8. The van der Waals surface area contributed by atoms with Crippen molar-refractivity contribution in [2.45, 2.75) is 13.0 Å². The number of hydrogen-bond acceptors (Lipinski definition) is 4. The summed E-state index contributed by atoms with van der Waals surface area (Å²) in [7, 11) is 1.67. The van der Waals surface area contributed by atoms with Gasteiger partial charge in [0.15, 0.2) is 6.61 Å². The molecule has 0 unspecified atom stereocenters. The first-order chi connectivity index (χ1) is 14.6. The van der Waals surface area contributed by atoms with Crippen molar-refractivity contribution in [2.75, 3.05) is 51.3 Å². The van der Waals surface area contributed by atoms with Gasteiger partial charge in [-0.05, 0) is 36.4 Å². The van der Waals surface area contributed by atoms with Crippen LogP contribution in [-0.2, 0) is 16.1 Å². The molecule has 0 bridgehead atoms. The second-order valence-electron chi connectivity index (χ2n) is 7.71. The van der Waals surface area contributed by atoms with Crippen LogP contribution in [0, 0.1) is 0 Å². The van der Waals surface area contributed by atoms with Crippen LogP contribution in [0.1, 0.15) is 12.0 Å². The number of nitrogens with one attached hydrogen (secondary N) is 1. The molecule has 0 spiro atoms. The molecule has 0 aromatic heterocycles. The first-order valence-corrected chi connectivity index (χ1v) is 10.4. The summed E-state index contributed by atoms with van der Waals surface area (Å²) in [6, 6.07) is 15.6. The van der Waals surface area contributed by atoms with Crippen molar-refractivity contribution in [3.8, 4) is 11.5 Å². The number of carbonyl (C=O) groups is 2. The lowest BCUT2D eigenvalue weighted by atomic mass is 10.2. The summed E-state index contributed by atoms with van der Waals surface area (Å²) in [4.78, 5) is 30.1. The molecule has 2 aromatic rings. The van der Waals surface area contributed by atoms with Crippen LogP contribution in [0.5, 0.6) is 11.5 Å². The van der Waals surface area contributed by atoms with Gasteiger partial charge in [0.1, 0.15) is 18.0 Å². The number of ether oxygens (including phenoxy) is 2. The molecule has 0 atom stereocenters. The van der Waals surface area contributed by atoms with E-state index in [1.54, 1.807) is 12.0 Å². The molecule has 2 aromatic carbocycles. The Balaban J connectivity index is 1.26. The summed E-state index contributed by atoms with van der Waals surface area (Å²) < 4.78 is 10.7. The van der Waals surface area contributed by atoms with Gasteiger partial charge in [0.05, 0.1) is 39.0 Å². The van der Waals surface area contributed by atoms with Crippen LogP contribution in [-0.4, -0.2) is 63.2 Å². The van der Waals surface area contributed by atoms with Crippen molar-refractivity contribution in [2.24, 2.45) is 0 Å². The van der Waals surface area contributed by atoms with E-state index in [4.69, 9.17) is 9.47 Å². The number of benzene rings is 2. The first-order valence-electron chi connectivity index (χ1n) is 10.4. The third-order valence-corrected chi connectivity index (χ3v) is 5.79. The van der Waals surface area contributed by atoms with E-state index in [9.17, 15) is 9.59 Å². The van der Waals surface area contributed by atoms with Crippen molar-refractivity contribution in [3.05, 3.63) is 54.1 Å². The highest BCUT2D eigenvalue weighted by molar-refractivity contribution is 5.98. The number of anilines is 1. The first kappa shape index (κ1) is 20.2. The molecule has 7 nitrogen and oxygen atoms in total. The molecule has 4 rings (SSSR count). The van der Waals surface area contributed by atoms with E-state index >= 15 is 0 Å². The Bertz CT molecular complexity index is 892. The topological polar surface area (TPSA) is 63.5 Å². The van der Waals surface area contributed by atoms with Crippen LogP contribution in [0.3, 0.4) is 0 Å². The lowest BCUT2D eigenvalue weighted by molar-refractivity contribution is -0.917. The van der Waals surface area contributed by atoms with Crippen LogP contribution in [0.25, 0.3) is 0 Å². The maximum Gasteiger partial charge on any atom is 0.265 e. The van der Waals surface area contributed by atoms with Crippen LogP contribution in [0.2, 0.25) is 0 Å². The predicted octanol–water partition coefficient (Wildman–Crippen LogP) is 0.738. The van der Waals surface area contributed by atoms with Crippen molar-refractivity contribution < 1.29 is 24.0 Å². The van der Waals surface area contributed by atoms with E-state index in [-0.39, 0.29) is 18.4 Å². The van der Waals surface area contributed by atoms with E-state index in [1.807, 2.05) is 41.3 Å². The summed E-state index contributed by atoms with van der Waals surface area (Å²) >= 11 is 0. The van der Waals surface area contributed by atoms with E-state index in [1.165, 1.54) is 10.5 Å². The number of quaternary nitrogens is 1. The van der Waals surface area contributed by atoms with Gasteiger partial charge in [-0.2, -0.15) is 0 Å². The number of nitrogens with zero attached hydrogens (tertiary/aromatic N) is 2. The van der Waals surface area contributed by atoms with Crippen LogP contribution < -0.4 is 19.3 Å². The molecule has 158 valence electrons. The Kier molecular flexibility index (Phi) is 6.18. The Morgan fingerprint density at radius 1 is 1.10 bits per heavy atom. The quantitative estimate of drug-likeness (QED) is 0.763. The van der Waals surface area contributed by atoms with Gasteiger partial charge >= 0.3 is 0 Å². The number of carbonyl (C=O) groups excluding carboxylic acids is 2. The zero-order valence-electron chi connectivity index (χ0n) is 17.3. The Labute approximate surface area is 176 Å². The molecule has 0 radical (unpaired) electrons.